The lowest BCUT2D eigenvalue weighted by atomic mass is 10.1. The Kier molecular flexibility index (Phi) is 3.84. The Morgan fingerprint density at radius 2 is 2.38 bits per heavy atom. The number of halogens is 1. The Hall–Kier alpha value is -0.580. The first-order chi connectivity index (χ1) is 7.66. The third kappa shape index (κ3) is 2.75. The van der Waals surface area contributed by atoms with E-state index in [9.17, 15) is 5.11 Å². The molecule has 0 aliphatic carbocycles. The third-order valence-electron chi connectivity index (χ3n) is 2.92. The maximum Gasteiger partial charge on any atom is 0.134 e. The van der Waals surface area contributed by atoms with Crippen molar-refractivity contribution < 1.29 is 5.11 Å². The van der Waals surface area contributed by atoms with Gasteiger partial charge in [-0.05, 0) is 28.9 Å². The van der Waals surface area contributed by atoms with Gasteiger partial charge in [-0.25, -0.2) is 0 Å². The highest BCUT2D eigenvalue weighted by Crippen LogP contribution is 2.28. The van der Waals surface area contributed by atoms with Gasteiger partial charge in [0.25, 0.3) is 0 Å². The predicted octanol–water partition coefficient (Wildman–Crippen LogP) is 1.95. The maximum atomic E-state index is 9.90. The summed E-state index contributed by atoms with van der Waals surface area (Å²) in [5, 5.41) is 13.3. The zero-order chi connectivity index (χ0) is 11.5. The molecule has 4 heteroatoms. The molecule has 16 heavy (non-hydrogen) atoms. The third-order valence-corrected chi connectivity index (χ3v) is 3.56. The summed E-state index contributed by atoms with van der Waals surface area (Å²) in [6, 6.07) is 6.33. The van der Waals surface area contributed by atoms with Crippen LogP contribution < -0.4 is 5.32 Å². The number of phenols is 1. The summed E-state index contributed by atoms with van der Waals surface area (Å²) in [5.41, 5.74) is 0.989. The molecule has 0 unspecified atom stereocenters. The topological polar surface area (TPSA) is 35.5 Å². The van der Waals surface area contributed by atoms with Gasteiger partial charge in [0.2, 0.25) is 0 Å². The van der Waals surface area contributed by atoms with E-state index in [1.165, 1.54) is 0 Å². The molecule has 1 aromatic carbocycles. The van der Waals surface area contributed by atoms with Gasteiger partial charge in [0.1, 0.15) is 5.75 Å². The Bertz CT molecular complexity index is 370. The number of hydrogen-bond acceptors (Lipinski definition) is 3. The second-order valence-corrected chi connectivity index (χ2v) is 5.19. The summed E-state index contributed by atoms with van der Waals surface area (Å²) < 4.78 is 0.771. The Labute approximate surface area is 105 Å². The van der Waals surface area contributed by atoms with E-state index in [0.717, 1.165) is 36.2 Å². The SMILES string of the molecule is C[C@@H]1CN(Cc2cccc(Br)c2O)CCN1. The van der Waals surface area contributed by atoms with Gasteiger partial charge in [-0.3, -0.25) is 4.90 Å². The molecule has 1 fully saturated rings. The summed E-state index contributed by atoms with van der Waals surface area (Å²) in [7, 11) is 0. The fourth-order valence-electron chi connectivity index (χ4n) is 2.08. The summed E-state index contributed by atoms with van der Waals surface area (Å²) in [5.74, 6) is 0.369. The first-order valence-electron chi connectivity index (χ1n) is 5.59. The summed E-state index contributed by atoms with van der Waals surface area (Å²) >= 11 is 3.34. The van der Waals surface area contributed by atoms with Crippen molar-refractivity contribution in [1.29, 1.82) is 0 Å². The van der Waals surface area contributed by atoms with Gasteiger partial charge in [0, 0.05) is 37.8 Å². The van der Waals surface area contributed by atoms with Crippen LogP contribution in [0.5, 0.6) is 5.75 Å². The molecular formula is C12H17BrN2O. The smallest absolute Gasteiger partial charge is 0.134 e. The maximum absolute atomic E-state index is 9.90. The molecule has 0 bridgehead atoms. The van der Waals surface area contributed by atoms with Crippen LogP contribution in [0, 0.1) is 0 Å². The van der Waals surface area contributed by atoms with Gasteiger partial charge in [-0.2, -0.15) is 0 Å². The van der Waals surface area contributed by atoms with Crippen molar-refractivity contribution >= 4 is 15.9 Å². The van der Waals surface area contributed by atoms with Crippen LogP contribution in [0.4, 0.5) is 0 Å². The molecule has 1 aliphatic rings. The summed E-state index contributed by atoms with van der Waals surface area (Å²) in [6.07, 6.45) is 0. The zero-order valence-electron chi connectivity index (χ0n) is 9.41. The molecule has 0 aromatic heterocycles. The van der Waals surface area contributed by atoms with E-state index in [2.05, 4.69) is 33.1 Å². The van der Waals surface area contributed by atoms with Gasteiger partial charge in [-0.15, -0.1) is 0 Å². The highest BCUT2D eigenvalue weighted by atomic mass is 79.9. The Morgan fingerprint density at radius 3 is 3.12 bits per heavy atom. The van der Waals surface area contributed by atoms with Crippen molar-refractivity contribution in [3.05, 3.63) is 28.2 Å². The van der Waals surface area contributed by atoms with Crippen molar-refractivity contribution in [3.63, 3.8) is 0 Å². The number of nitrogens with zero attached hydrogens (tertiary/aromatic N) is 1. The number of hydrogen-bond donors (Lipinski definition) is 2. The lowest BCUT2D eigenvalue weighted by Gasteiger charge is -2.32. The minimum Gasteiger partial charge on any atom is -0.506 e. The van der Waals surface area contributed by atoms with Gasteiger partial charge in [0.05, 0.1) is 4.47 Å². The number of aromatic hydroxyl groups is 1. The molecule has 1 aromatic rings. The van der Waals surface area contributed by atoms with E-state index in [0.29, 0.717) is 11.8 Å². The van der Waals surface area contributed by atoms with Crippen molar-refractivity contribution in [2.45, 2.75) is 19.5 Å². The van der Waals surface area contributed by atoms with Gasteiger partial charge in [-0.1, -0.05) is 12.1 Å². The highest BCUT2D eigenvalue weighted by Gasteiger charge is 2.17. The largest absolute Gasteiger partial charge is 0.506 e. The second kappa shape index (κ2) is 5.17. The Morgan fingerprint density at radius 1 is 1.56 bits per heavy atom. The van der Waals surface area contributed by atoms with Gasteiger partial charge in [0.15, 0.2) is 0 Å². The van der Waals surface area contributed by atoms with E-state index in [1.807, 2.05) is 18.2 Å². The van der Waals surface area contributed by atoms with Crippen LogP contribution in [0.2, 0.25) is 0 Å². The van der Waals surface area contributed by atoms with Gasteiger partial charge < -0.3 is 10.4 Å². The van der Waals surface area contributed by atoms with Crippen LogP contribution >= 0.6 is 15.9 Å². The first-order valence-corrected chi connectivity index (χ1v) is 6.38. The van der Waals surface area contributed by atoms with Crippen LogP contribution in [0.25, 0.3) is 0 Å². The minimum absolute atomic E-state index is 0.369. The summed E-state index contributed by atoms with van der Waals surface area (Å²) in [6.45, 7) is 6.10. The van der Waals surface area contributed by atoms with Crippen LogP contribution in [0.1, 0.15) is 12.5 Å². The molecule has 0 radical (unpaired) electrons. The molecule has 0 amide bonds. The molecule has 0 spiro atoms. The molecule has 1 saturated heterocycles. The monoisotopic (exact) mass is 284 g/mol. The average molecular weight is 285 g/mol. The predicted molar refractivity (Wildman–Crippen MR) is 68.5 cm³/mol. The van der Waals surface area contributed by atoms with E-state index in [-0.39, 0.29) is 0 Å². The number of piperazine rings is 1. The lowest BCUT2D eigenvalue weighted by Crippen LogP contribution is -2.48. The lowest BCUT2D eigenvalue weighted by molar-refractivity contribution is 0.198. The first kappa shape index (κ1) is 11.9. The van der Waals surface area contributed by atoms with Gasteiger partial charge >= 0.3 is 0 Å². The minimum atomic E-state index is 0.369. The highest BCUT2D eigenvalue weighted by molar-refractivity contribution is 9.10. The molecule has 3 nitrogen and oxygen atoms in total. The van der Waals surface area contributed by atoms with E-state index < -0.39 is 0 Å². The molecule has 1 heterocycles. The number of nitrogens with one attached hydrogen (secondary N) is 1. The van der Waals surface area contributed by atoms with Crippen molar-refractivity contribution in [3.8, 4) is 5.75 Å². The number of phenolic OH excluding ortho intramolecular Hbond substituents is 1. The number of rotatable bonds is 2. The van der Waals surface area contributed by atoms with Crippen molar-refractivity contribution in [2.75, 3.05) is 19.6 Å². The average Bonchev–Trinajstić information content (AvgIpc) is 2.25. The quantitative estimate of drug-likeness (QED) is 0.872. The molecular weight excluding hydrogens is 268 g/mol. The second-order valence-electron chi connectivity index (χ2n) is 4.34. The number of para-hydroxylation sites is 1. The standard InChI is InChI=1S/C12H17BrN2O/c1-9-7-15(6-5-14-9)8-10-3-2-4-11(13)12(10)16/h2-4,9,14,16H,5-8H2,1H3/t9-/m1/s1. The fourth-order valence-corrected chi connectivity index (χ4v) is 2.49. The van der Waals surface area contributed by atoms with Crippen LogP contribution in [0.15, 0.2) is 22.7 Å². The van der Waals surface area contributed by atoms with Crippen molar-refractivity contribution in [1.82, 2.24) is 10.2 Å². The van der Waals surface area contributed by atoms with E-state index in [4.69, 9.17) is 0 Å². The Balaban J connectivity index is 2.05. The molecule has 1 aliphatic heterocycles. The molecule has 1 atom stereocenters. The molecule has 2 rings (SSSR count). The van der Waals surface area contributed by atoms with E-state index >= 15 is 0 Å². The normalized spacial score (nSPS) is 22.2. The number of benzene rings is 1. The molecule has 0 saturated carbocycles. The zero-order valence-corrected chi connectivity index (χ0v) is 11.0. The molecule has 2 N–H and O–H groups in total. The molecule has 88 valence electrons. The van der Waals surface area contributed by atoms with E-state index in [1.54, 1.807) is 0 Å². The fraction of sp³-hybridized carbons (Fsp3) is 0.500. The van der Waals surface area contributed by atoms with Crippen LogP contribution in [0.3, 0.4) is 0 Å². The summed E-state index contributed by atoms with van der Waals surface area (Å²) in [4.78, 5) is 2.36. The van der Waals surface area contributed by atoms with Crippen LogP contribution in [-0.2, 0) is 6.54 Å². The van der Waals surface area contributed by atoms with Crippen molar-refractivity contribution in [2.24, 2.45) is 0 Å². The van der Waals surface area contributed by atoms with Crippen LogP contribution in [-0.4, -0.2) is 35.7 Å².